The van der Waals surface area contributed by atoms with Crippen LogP contribution in [0.3, 0.4) is 0 Å². The van der Waals surface area contributed by atoms with Crippen LogP contribution in [0, 0.1) is 0 Å². The Morgan fingerprint density at radius 2 is 0.889 bits per heavy atom. The van der Waals surface area contributed by atoms with Gasteiger partial charge in [-0.3, -0.25) is 4.57 Å². The van der Waals surface area contributed by atoms with Crippen LogP contribution < -0.4 is 0 Å². The summed E-state index contributed by atoms with van der Waals surface area (Å²) in [7, 11) is 0. The highest BCUT2D eigenvalue weighted by Gasteiger charge is 2.24. The van der Waals surface area contributed by atoms with Gasteiger partial charge in [0, 0.05) is 49.1 Å². The number of para-hydroxylation sites is 2. The third-order valence-corrected chi connectivity index (χ3v) is 12.4. The first kappa shape index (κ1) is 35.2. The van der Waals surface area contributed by atoms with Crippen molar-refractivity contribution in [3.8, 4) is 56.7 Å². The topological polar surface area (TPSA) is 61.7 Å². The van der Waals surface area contributed by atoms with Crippen molar-refractivity contribution in [3.63, 3.8) is 0 Å². The van der Waals surface area contributed by atoms with Gasteiger partial charge < -0.3 is 8.98 Å². The van der Waals surface area contributed by atoms with Crippen molar-refractivity contribution in [2.75, 3.05) is 0 Å². The van der Waals surface area contributed by atoms with Crippen LogP contribution in [-0.2, 0) is 0 Å². The minimum atomic E-state index is 0.530. The Morgan fingerprint density at radius 1 is 0.333 bits per heavy atom. The molecule has 0 amide bonds. The minimum Gasteiger partial charge on any atom is -0.456 e. The lowest BCUT2D eigenvalue weighted by molar-refractivity contribution is 0.669. The molecule has 13 rings (SSSR count). The van der Waals surface area contributed by atoms with E-state index in [1.165, 1.54) is 10.9 Å². The van der Waals surface area contributed by atoms with Gasteiger partial charge in [-0.05, 0) is 64.7 Å². The van der Waals surface area contributed by atoms with Crippen molar-refractivity contribution in [3.05, 3.63) is 212 Å². The van der Waals surface area contributed by atoms with E-state index in [1.54, 1.807) is 0 Å². The van der Waals surface area contributed by atoms with Crippen molar-refractivity contribution < 1.29 is 4.42 Å². The van der Waals surface area contributed by atoms with Crippen LogP contribution in [0.25, 0.3) is 122 Å². The summed E-state index contributed by atoms with van der Waals surface area (Å²) in [6, 6.07) is 74.4. The van der Waals surface area contributed by atoms with Gasteiger partial charge in [-0.15, -0.1) is 0 Å². The number of aromatic nitrogens is 5. The van der Waals surface area contributed by atoms with Crippen LogP contribution in [-0.4, -0.2) is 24.1 Å². The Bertz CT molecular complexity index is 3900. The second-order valence-corrected chi connectivity index (χ2v) is 16.0. The third kappa shape index (κ3) is 5.55. The highest BCUT2D eigenvalue weighted by molar-refractivity contribution is 6.24. The summed E-state index contributed by atoms with van der Waals surface area (Å²) in [5.41, 5.74) is 13.2. The van der Waals surface area contributed by atoms with Gasteiger partial charge in [0.2, 0.25) is 5.95 Å². The lowest BCUT2D eigenvalue weighted by Gasteiger charge is -2.14. The number of nitrogens with zero attached hydrogens (tertiary/aromatic N) is 5. The normalized spacial score (nSPS) is 11.8. The highest BCUT2D eigenvalue weighted by atomic mass is 16.3. The molecule has 0 aliphatic carbocycles. The van der Waals surface area contributed by atoms with Crippen molar-refractivity contribution >= 4 is 65.6 Å². The van der Waals surface area contributed by atoms with E-state index in [0.717, 1.165) is 93.7 Å². The van der Waals surface area contributed by atoms with E-state index in [1.807, 2.05) is 36.4 Å². The Hall–Kier alpha value is -8.61. The molecule has 0 aliphatic rings. The first-order chi connectivity index (χ1) is 31.2. The van der Waals surface area contributed by atoms with E-state index < -0.39 is 0 Å². The predicted octanol–water partition coefficient (Wildman–Crippen LogP) is 14.6. The second kappa shape index (κ2) is 14.0. The fraction of sp³-hybridized carbons (Fsp3) is 0. The van der Waals surface area contributed by atoms with E-state index in [9.17, 15) is 0 Å². The fourth-order valence-electron chi connectivity index (χ4n) is 9.56. The molecule has 0 bridgehead atoms. The molecule has 0 atom stereocenters. The molecule has 6 nitrogen and oxygen atoms in total. The van der Waals surface area contributed by atoms with Crippen LogP contribution in [0.4, 0.5) is 0 Å². The number of benzene rings is 9. The molecule has 13 aromatic rings. The monoisotopic (exact) mass is 805 g/mol. The Morgan fingerprint density at radius 3 is 1.59 bits per heavy atom. The van der Waals surface area contributed by atoms with Crippen LogP contribution in [0.5, 0.6) is 0 Å². The average Bonchev–Trinajstić information content (AvgIpc) is 4.02. The van der Waals surface area contributed by atoms with Gasteiger partial charge in [-0.25, -0.2) is 4.98 Å². The number of fused-ring (bicyclic) bond motifs is 10. The maximum Gasteiger partial charge on any atom is 0.238 e. The van der Waals surface area contributed by atoms with Gasteiger partial charge in [0.1, 0.15) is 11.2 Å². The smallest absolute Gasteiger partial charge is 0.238 e. The molecule has 294 valence electrons. The maximum atomic E-state index is 6.53. The molecule has 0 fully saturated rings. The summed E-state index contributed by atoms with van der Waals surface area (Å²) in [5, 5.41) is 6.51. The maximum absolute atomic E-state index is 6.53. The van der Waals surface area contributed by atoms with Gasteiger partial charge in [-0.2, -0.15) is 9.97 Å². The Balaban J connectivity index is 1.13. The number of hydrogen-bond acceptors (Lipinski definition) is 4. The number of hydrogen-bond donors (Lipinski definition) is 0. The van der Waals surface area contributed by atoms with Gasteiger partial charge >= 0.3 is 0 Å². The molecule has 4 aromatic heterocycles. The quantitative estimate of drug-likeness (QED) is 0.168. The minimum absolute atomic E-state index is 0.530. The predicted molar refractivity (Wildman–Crippen MR) is 258 cm³/mol. The zero-order valence-electron chi connectivity index (χ0n) is 33.9. The fourth-order valence-corrected chi connectivity index (χ4v) is 9.56. The average molecular weight is 806 g/mol. The molecule has 9 aromatic carbocycles. The summed E-state index contributed by atoms with van der Waals surface area (Å²) in [4.78, 5) is 16.2. The van der Waals surface area contributed by atoms with Gasteiger partial charge in [0.05, 0.1) is 22.1 Å². The van der Waals surface area contributed by atoms with Crippen molar-refractivity contribution in [2.24, 2.45) is 0 Å². The SMILES string of the molecule is c1ccc(-c2cccc(-n3c4ccccc4c4ccc5c6ccccc6n(-c6nc(-c7ccccc7)nc(-c7cccc8oc9ccc(-c%10ccccc%10)cc9c78)n6)c5c43)c2)cc1. The second-order valence-electron chi connectivity index (χ2n) is 16.0. The van der Waals surface area contributed by atoms with E-state index in [4.69, 9.17) is 19.4 Å². The van der Waals surface area contributed by atoms with Crippen molar-refractivity contribution in [1.82, 2.24) is 24.1 Å². The molecule has 6 heteroatoms. The molecule has 0 N–H and O–H groups in total. The van der Waals surface area contributed by atoms with E-state index in [2.05, 4.69) is 185 Å². The van der Waals surface area contributed by atoms with E-state index >= 15 is 0 Å². The van der Waals surface area contributed by atoms with Crippen LogP contribution in [0.2, 0.25) is 0 Å². The summed E-state index contributed by atoms with van der Waals surface area (Å²) in [6.07, 6.45) is 0. The molecular formula is C57H35N5O. The first-order valence-electron chi connectivity index (χ1n) is 21.2. The first-order valence-corrected chi connectivity index (χ1v) is 21.2. The van der Waals surface area contributed by atoms with Gasteiger partial charge in [0.15, 0.2) is 11.6 Å². The summed E-state index contributed by atoms with van der Waals surface area (Å²) in [6.45, 7) is 0. The largest absolute Gasteiger partial charge is 0.456 e. The highest BCUT2D eigenvalue weighted by Crippen LogP contribution is 2.43. The summed E-state index contributed by atoms with van der Waals surface area (Å²) < 4.78 is 11.2. The zero-order chi connectivity index (χ0) is 41.4. The van der Waals surface area contributed by atoms with Crippen LogP contribution in [0.15, 0.2) is 217 Å². The van der Waals surface area contributed by atoms with Crippen molar-refractivity contribution in [2.45, 2.75) is 0 Å². The van der Waals surface area contributed by atoms with E-state index in [-0.39, 0.29) is 0 Å². The van der Waals surface area contributed by atoms with Gasteiger partial charge in [-0.1, -0.05) is 170 Å². The lowest BCUT2D eigenvalue weighted by Crippen LogP contribution is -2.07. The molecule has 0 radical (unpaired) electrons. The zero-order valence-corrected chi connectivity index (χ0v) is 33.9. The van der Waals surface area contributed by atoms with Crippen LogP contribution in [0.1, 0.15) is 0 Å². The summed E-state index contributed by atoms with van der Waals surface area (Å²) in [5.74, 6) is 1.67. The van der Waals surface area contributed by atoms with Crippen LogP contribution >= 0.6 is 0 Å². The molecule has 0 aliphatic heterocycles. The summed E-state index contributed by atoms with van der Waals surface area (Å²) >= 11 is 0. The molecule has 0 saturated carbocycles. The number of furan rings is 1. The molecular weight excluding hydrogens is 771 g/mol. The molecule has 0 unspecified atom stereocenters. The standard InChI is InChI=1S/C57H35N5O/c1-4-16-36(17-5-1)39-22-14-23-41(34-39)61-48-27-12-10-24-42(48)44-31-32-45-43-25-11-13-28-49(43)62(54(45)53(44)61)57-59-55(38-20-8-3-9-21-38)58-56(60-57)46-26-15-29-51-52(46)47-35-40(30-33-50(47)63-51)37-18-6-2-7-19-37/h1-35H. The van der Waals surface area contributed by atoms with E-state index in [0.29, 0.717) is 17.6 Å². The molecule has 4 heterocycles. The Labute approximate surface area is 361 Å². The van der Waals surface area contributed by atoms with Crippen molar-refractivity contribution in [1.29, 1.82) is 0 Å². The number of rotatable bonds is 6. The Kier molecular flexibility index (Phi) is 7.80. The molecule has 0 spiro atoms. The lowest BCUT2D eigenvalue weighted by atomic mass is 10.0. The third-order valence-electron chi connectivity index (χ3n) is 12.4. The molecule has 63 heavy (non-hydrogen) atoms. The van der Waals surface area contributed by atoms with Gasteiger partial charge in [0.25, 0.3) is 0 Å². The molecule has 0 saturated heterocycles.